The molecule has 0 saturated carbocycles. The first-order valence-corrected chi connectivity index (χ1v) is 0. The van der Waals surface area contributed by atoms with Gasteiger partial charge in [0.2, 0.25) is 0 Å². The molecule has 0 spiro atoms. The molecule has 0 fully saturated rings. The van der Waals surface area contributed by atoms with E-state index in [1.165, 1.54) is 0 Å². The van der Waals surface area contributed by atoms with Crippen molar-refractivity contribution < 1.29 is 59.8 Å². The zero-order valence-electron chi connectivity index (χ0n) is 1.94. The average molecular weight is 188 g/mol. The molecule has 5 heteroatoms. The Morgan fingerprint density at radius 1 is 0.600 bits per heavy atom. The maximum atomic E-state index is 0. The van der Waals surface area contributed by atoms with Crippen molar-refractivity contribution in [3.05, 3.63) is 0 Å². The maximum Gasteiger partial charge on any atom is 3.00 e. The van der Waals surface area contributed by atoms with E-state index in [2.05, 4.69) is 0 Å². The van der Waals surface area contributed by atoms with Crippen LogP contribution in [-0.4, -0.2) is 5.48 Å². The van der Waals surface area contributed by atoms with Crippen molar-refractivity contribution in [2.45, 2.75) is 0 Å². The van der Waals surface area contributed by atoms with E-state index in [9.17, 15) is 0 Å². The second-order valence-electron chi connectivity index (χ2n) is 0. The fourth-order valence-electron chi connectivity index (χ4n) is 0. The Morgan fingerprint density at radius 2 is 0.600 bits per heavy atom. The van der Waals surface area contributed by atoms with Crippen molar-refractivity contribution in [1.82, 2.24) is 0 Å². The third kappa shape index (κ3) is 33.0. The summed E-state index contributed by atoms with van der Waals surface area (Å²) in [4.78, 5) is 0. The first-order chi connectivity index (χ1) is 0. The molecule has 0 aliphatic heterocycles. The maximum absolute atomic E-state index is 0. The van der Waals surface area contributed by atoms with Crippen molar-refractivity contribution in [2.24, 2.45) is 0 Å². The molecule has 5 heavy (non-hydrogen) atoms. The fraction of sp³-hybridized carbons (Fsp3) is 0. The molecular formula is H2Cl3CuO. The Morgan fingerprint density at radius 3 is 0.600 bits per heavy atom. The van der Waals surface area contributed by atoms with E-state index in [0.29, 0.717) is 0 Å². The first kappa shape index (κ1) is 99.8. The van der Waals surface area contributed by atoms with Crippen molar-refractivity contribution in [3.8, 4) is 0 Å². The summed E-state index contributed by atoms with van der Waals surface area (Å²) in [6.07, 6.45) is 0. The van der Waals surface area contributed by atoms with Crippen LogP contribution in [-0.2, 0) is 17.1 Å². The van der Waals surface area contributed by atoms with Crippen molar-refractivity contribution in [2.75, 3.05) is 0 Å². The molecular weight excluding hydrogens is 186 g/mol. The summed E-state index contributed by atoms with van der Waals surface area (Å²) in [5, 5.41) is 0. The Labute approximate surface area is 59.9 Å². The molecule has 0 aliphatic carbocycles. The number of hydrogen-bond donors (Lipinski definition) is 0. The van der Waals surface area contributed by atoms with Gasteiger partial charge in [-0.25, -0.2) is 0 Å². The smallest absolute Gasteiger partial charge is 1.00 e. The van der Waals surface area contributed by atoms with Crippen LogP contribution in [0, 0.1) is 0 Å². The zero-order chi connectivity index (χ0) is 0. The zero-order valence-corrected chi connectivity index (χ0v) is 5.14. The number of halogens is 3. The number of hydrogen-bond acceptors (Lipinski definition) is 0. The molecule has 0 bridgehead atoms. The summed E-state index contributed by atoms with van der Waals surface area (Å²) in [6, 6.07) is 0. The van der Waals surface area contributed by atoms with Crippen LogP contribution in [0.5, 0.6) is 0 Å². The minimum atomic E-state index is 0. The molecule has 40 valence electrons. The van der Waals surface area contributed by atoms with Gasteiger partial charge in [-0.3, -0.25) is 0 Å². The van der Waals surface area contributed by atoms with Crippen molar-refractivity contribution in [3.63, 3.8) is 0 Å². The summed E-state index contributed by atoms with van der Waals surface area (Å²) in [7, 11) is 0. The minimum absolute atomic E-state index is 0. The molecule has 0 aliphatic rings. The monoisotopic (exact) mass is 186 g/mol. The van der Waals surface area contributed by atoms with Crippen LogP contribution in [0.1, 0.15) is 0 Å². The largest absolute Gasteiger partial charge is 3.00 e. The van der Waals surface area contributed by atoms with E-state index in [1.54, 1.807) is 0 Å². The predicted molar refractivity (Wildman–Crippen MR) is 3.61 cm³/mol. The van der Waals surface area contributed by atoms with Crippen LogP contribution in [0.3, 0.4) is 0 Å². The Bertz CT molecular complexity index is 6.85. The van der Waals surface area contributed by atoms with Crippen molar-refractivity contribution >= 4 is 0 Å². The first-order valence-electron chi connectivity index (χ1n) is 0. The van der Waals surface area contributed by atoms with Crippen LogP contribution >= 0.6 is 0 Å². The van der Waals surface area contributed by atoms with Gasteiger partial charge in [-0.05, 0) is 0 Å². The van der Waals surface area contributed by atoms with E-state index in [-0.39, 0.29) is 59.8 Å². The molecule has 0 saturated heterocycles. The van der Waals surface area contributed by atoms with Gasteiger partial charge in [0.1, 0.15) is 0 Å². The molecule has 0 radical (unpaired) electrons. The van der Waals surface area contributed by atoms with Gasteiger partial charge < -0.3 is 42.7 Å². The SMILES string of the molecule is O.[Cl-].[Cl-].[Cl-].[Cu+3]. The second kappa shape index (κ2) is 55.6. The summed E-state index contributed by atoms with van der Waals surface area (Å²) >= 11 is 0. The molecule has 1 nitrogen and oxygen atoms in total. The van der Waals surface area contributed by atoms with Crippen LogP contribution in [0.15, 0.2) is 0 Å². The van der Waals surface area contributed by atoms with E-state index >= 15 is 0 Å². The van der Waals surface area contributed by atoms with Gasteiger partial charge in [-0.1, -0.05) is 0 Å². The van der Waals surface area contributed by atoms with Crippen LogP contribution in [0.25, 0.3) is 0 Å². The molecule has 0 aromatic rings. The average Bonchev–Trinajstić information content (AvgIpc) is 0. The third-order valence-electron chi connectivity index (χ3n) is 0. The minimum Gasteiger partial charge on any atom is -1.00 e. The summed E-state index contributed by atoms with van der Waals surface area (Å²) in [5.74, 6) is 0. The van der Waals surface area contributed by atoms with Crippen LogP contribution < -0.4 is 37.2 Å². The van der Waals surface area contributed by atoms with Gasteiger partial charge in [-0.15, -0.1) is 0 Å². The molecule has 2 N–H and O–H groups in total. The number of rotatable bonds is 0. The van der Waals surface area contributed by atoms with E-state index < -0.39 is 0 Å². The van der Waals surface area contributed by atoms with E-state index in [0.717, 1.165) is 0 Å². The van der Waals surface area contributed by atoms with Gasteiger partial charge in [0.15, 0.2) is 0 Å². The fourth-order valence-corrected chi connectivity index (χ4v) is 0. The summed E-state index contributed by atoms with van der Waals surface area (Å²) in [5.41, 5.74) is 0. The Hall–Kier alpha value is 1.35. The van der Waals surface area contributed by atoms with Crippen molar-refractivity contribution in [1.29, 1.82) is 0 Å². The normalized spacial score (nSPS) is 0. The Kier molecular flexibility index (Phi) is 1110. The second-order valence-corrected chi connectivity index (χ2v) is 0. The molecule has 0 aromatic heterocycles. The molecule has 0 atom stereocenters. The molecule has 0 heterocycles. The molecule has 0 unspecified atom stereocenters. The molecule has 0 amide bonds. The van der Waals surface area contributed by atoms with Gasteiger partial charge in [0.05, 0.1) is 0 Å². The van der Waals surface area contributed by atoms with E-state index in [4.69, 9.17) is 0 Å². The van der Waals surface area contributed by atoms with Gasteiger partial charge in [0.25, 0.3) is 0 Å². The molecule has 0 aromatic carbocycles. The Balaban J connectivity index is 0. The van der Waals surface area contributed by atoms with Gasteiger partial charge >= 0.3 is 17.1 Å². The standard InChI is InChI=1S/3ClH.Cu.H2O/h3*1H;;1H2/q;;;+3;/p-3. The van der Waals surface area contributed by atoms with E-state index in [1.807, 2.05) is 0 Å². The van der Waals surface area contributed by atoms with Crippen LogP contribution in [0.2, 0.25) is 0 Å². The predicted octanol–water partition coefficient (Wildman–Crippen LogP) is -9.82. The van der Waals surface area contributed by atoms with Crippen LogP contribution in [0.4, 0.5) is 0 Å². The quantitative estimate of drug-likeness (QED) is 0.338. The summed E-state index contributed by atoms with van der Waals surface area (Å²) < 4.78 is 0. The summed E-state index contributed by atoms with van der Waals surface area (Å²) in [6.45, 7) is 0. The molecule has 0 rings (SSSR count). The topological polar surface area (TPSA) is 31.5 Å². The van der Waals surface area contributed by atoms with Gasteiger partial charge in [-0.2, -0.15) is 0 Å². The third-order valence-corrected chi connectivity index (χ3v) is 0. The van der Waals surface area contributed by atoms with Gasteiger partial charge in [0, 0.05) is 0 Å².